The average Bonchev–Trinajstić information content (AvgIpc) is 2.75. The summed E-state index contributed by atoms with van der Waals surface area (Å²) in [6, 6.07) is 0. The van der Waals surface area contributed by atoms with Gasteiger partial charge >= 0.3 is 23.9 Å². The van der Waals surface area contributed by atoms with Crippen molar-refractivity contribution in [3.63, 3.8) is 0 Å². The van der Waals surface area contributed by atoms with E-state index >= 15 is 0 Å². The lowest BCUT2D eigenvalue weighted by molar-refractivity contribution is -0.168. The minimum absolute atomic E-state index is 0.0324. The number of hydrogen-bond acceptors (Lipinski definition) is 11. The van der Waals surface area contributed by atoms with Crippen molar-refractivity contribution < 1.29 is 52.0 Å². The monoisotopic (exact) mass is 509 g/mol. The first-order valence-corrected chi connectivity index (χ1v) is 13.0. The summed E-state index contributed by atoms with van der Waals surface area (Å²) in [6.07, 6.45) is -1.74. The van der Waals surface area contributed by atoms with Crippen molar-refractivity contribution >= 4 is 37.2 Å². The molecule has 0 aliphatic heterocycles. The number of carbonyl (C=O) groups is 5. The Hall–Kier alpha value is -2.46. The molecule has 0 heterocycles. The molecule has 2 atom stereocenters. The maximum atomic E-state index is 13.9. The number of ether oxygens (including phenoxy) is 4. The highest BCUT2D eigenvalue weighted by Crippen LogP contribution is 2.55. The van der Waals surface area contributed by atoms with Crippen LogP contribution >= 0.6 is 7.37 Å². The van der Waals surface area contributed by atoms with Crippen molar-refractivity contribution in [3.8, 4) is 0 Å². The Morgan fingerprint density at radius 1 is 0.794 bits per heavy atom. The van der Waals surface area contributed by atoms with Crippen LogP contribution in [0.1, 0.15) is 54.4 Å². The highest BCUT2D eigenvalue weighted by Gasteiger charge is 2.53. The maximum Gasteiger partial charge on any atom is 0.343 e. The second kappa shape index (κ2) is 15.4. The van der Waals surface area contributed by atoms with Crippen LogP contribution in [0.25, 0.3) is 0 Å². The second-order valence-electron chi connectivity index (χ2n) is 6.92. The molecule has 196 valence electrons. The Labute approximate surface area is 199 Å². The summed E-state index contributed by atoms with van der Waals surface area (Å²) in [4.78, 5) is 62.3. The van der Waals surface area contributed by atoms with Crippen LogP contribution in [0.3, 0.4) is 0 Å². The van der Waals surface area contributed by atoms with Crippen molar-refractivity contribution in [1.29, 1.82) is 0 Å². The van der Waals surface area contributed by atoms with E-state index in [4.69, 9.17) is 23.5 Å². The van der Waals surface area contributed by atoms with E-state index in [9.17, 15) is 28.5 Å². The Morgan fingerprint density at radius 3 is 1.71 bits per heavy atom. The van der Waals surface area contributed by atoms with Gasteiger partial charge < -0.3 is 28.8 Å². The molecule has 0 aliphatic carbocycles. The van der Waals surface area contributed by atoms with Crippen LogP contribution in [0.4, 0.5) is 0 Å². The lowest BCUT2D eigenvalue weighted by Crippen LogP contribution is -2.61. The fraction of sp³-hybridized carbons (Fsp3) is 0.762. The Kier molecular flexibility index (Phi) is 14.3. The molecule has 13 heteroatoms. The highest BCUT2D eigenvalue weighted by molar-refractivity contribution is 7.60. The van der Waals surface area contributed by atoms with Gasteiger partial charge in [0.05, 0.1) is 39.5 Å². The summed E-state index contributed by atoms with van der Waals surface area (Å²) >= 11 is 0. The van der Waals surface area contributed by atoms with Crippen molar-refractivity contribution in [1.82, 2.24) is 5.32 Å². The molecule has 12 nitrogen and oxygen atoms in total. The van der Waals surface area contributed by atoms with E-state index in [1.54, 1.807) is 6.92 Å². The van der Waals surface area contributed by atoms with E-state index < -0.39 is 67.4 Å². The fourth-order valence-corrected chi connectivity index (χ4v) is 5.64. The van der Waals surface area contributed by atoms with Gasteiger partial charge in [0.1, 0.15) is 5.66 Å². The van der Waals surface area contributed by atoms with Gasteiger partial charge in [0, 0.05) is 19.5 Å². The van der Waals surface area contributed by atoms with E-state index in [0.717, 1.165) is 6.92 Å². The standard InChI is InChI=1S/C21H36NO11P/c1-7-29-17(24)14-16(18(25)30-8-2)34(28,33-11-5)13-12-21(22-15(6)23,19(26)31-9-3)20(27)32-10-4/h16H,7-14H2,1-6H3,(H,22,23). The van der Waals surface area contributed by atoms with Gasteiger partial charge in [-0.1, -0.05) is 0 Å². The highest BCUT2D eigenvalue weighted by atomic mass is 31.2. The smallest absolute Gasteiger partial charge is 0.343 e. The third-order valence-corrected chi connectivity index (χ3v) is 7.37. The van der Waals surface area contributed by atoms with E-state index in [1.807, 2.05) is 0 Å². The molecule has 1 N–H and O–H groups in total. The maximum absolute atomic E-state index is 13.9. The van der Waals surface area contributed by atoms with Crippen LogP contribution < -0.4 is 5.32 Å². The van der Waals surface area contributed by atoms with Crippen LogP contribution in [0.15, 0.2) is 0 Å². The average molecular weight is 509 g/mol. The Bertz CT molecular complexity index is 750. The third-order valence-electron chi connectivity index (χ3n) is 4.48. The quantitative estimate of drug-likeness (QED) is 0.139. The van der Waals surface area contributed by atoms with Crippen LogP contribution in [-0.2, 0) is 52.0 Å². The number of amides is 1. The molecule has 0 aromatic carbocycles. The topological polar surface area (TPSA) is 161 Å². The molecule has 0 bridgehead atoms. The van der Waals surface area contributed by atoms with Gasteiger partial charge in [-0.3, -0.25) is 18.9 Å². The van der Waals surface area contributed by atoms with E-state index in [1.165, 1.54) is 27.7 Å². The number of nitrogens with one attached hydrogen (secondary N) is 1. The van der Waals surface area contributed by atoms with Gasteiger partial charge in [-0.05, 0) is 34.6 Å². The molecule has 0 radical (unpaired) electrons. The molecular weight excluding hydrogens is 473 g/mol. The van der Waals surface area contributed by atoms with Gasteiger partial charge in [-0.2, -0.15) is 0 Å². The summed E-state index contributed by atoms with van der Waals surface area (Å²) < 4.78 is 39.2. The largest absolute Gasteiger partial charge is 0.466 e. The summed E-state index contributed by atoms with van der Waals surface area (Å²) in [6.45, 7) is 8.36. The van der Waals surface area contributed by atoms with Crippen molar-refractivity contribution in [3.05, 3.63) is 0 Å². The van der Waals surface area contributed by atoms with Gasteiger partial charge in [0.15, 0.2) is 0 Å². The molecule has 0 aliphatic rings. The lowest BCUT2D eigenvalue weighted by Gasteiger charge is -2.32. The Balaban J connectivity index is 6.41. The van der Waals surface area contributed by atoms with Gasteiger partial charge in [-0.15, -0.1) is 0 Å². The molecule has 2 unspecified atom stereocenters. The predicted octanol–water partition coefficient (Wildman–Crippen LogP) is 1.58. The van der Waals surface area contributed by atoms with Crippen molar-refractivity contribution in [2.75, 3.05) is 39.2 Å². The first-order valence-electron chi connectivity index (χ1n) is 11.2. The lowest BCUT2D eigenvalue weighted by atomic mass is 9.96. The minimum Gasteiger partial charge on any atom is -0.466 e. The van der Waals surface area contributed by atoms with E-state index in [2.05, 4.69) is 5.32 Å². The fourth-order valence-electron chi connectivity index (χ4n) is 3.11. The van der Waals surface area contributed by atoms with Gasteiger partial charge in [-0.25, -0.2) is 9.59 Å². The van der Waals surface area contributed by atoms with Crippen molar-refractivity contribution in [2.24, 2.45) is 0 Å². The van der Waals surface area contributed by atoms with Crippen molar-refractivity contribution in [2.45, 2.75) is 65.6 Å². The number of rotatable bonds is 16. The molecular formula is C21H36NO11P. The summed E-state index contributed by atoms with van der Waals surface area (Å²) in [5, 5.41) is 2.26. The summed E-state index contributed by atoms with van der Waals surface area (Å²) in [5.74, 6) is -4.75. The number of esters is 4. The van der Waals surface area contributed by atoms with Crippen LogP contribution in [0, 0.1) is 0 Å². The number of carbonyl (C=O) groups excluding carboxylic acids is 5. The van der Waals surface area contributed by atoms with E-state index in [-0.39, 0.29) is 33.0 Å². The summed E-state index contributed by atoms with van der Waals surface area (Å²) in [7, 11) is -4.09. The summed E-state index contributed by atoms with van der Waals surface area (Å²) in [5.41, 5.74) is -3.89. The zero-order valence-corrected chi connectivity index (χ0v) is 21.6. The second-order valence-corrected chi connectivity index (χ2v) is 9.70. The third kappa shape index (κ3) is 9.06. The van der Waals surface area contributed by atoms with Crippen LogP contribution in [0.2, 0.25) is 0 Å². The first-order chi connectivity index (χ1) is 16.0. The molecule has 0 saturated heterocycles. The molecule has 0 aromatic rings. The van der Waals surface area contributed by atoms with Crippen LogP contribution in [0.5, 0.6) is 0 Å². The molecule has 0 spiro atoms. The van der Waals surface area contributed by atoms with Gasteiger partial charge in [0.2, 0.25) is 18.8 Å². The molecule has 0 fully saturated rings. The zero-order valence-electron chi connectivity index (χ0n) is 20.7. The molecule has 34 heavy (non-hydrogen) atoms. The molecule has 0 saturated carbocycles. The molecule has 1 amide bonds. The zero-order chi connectivity index (χ0) is 26.4. The SMILES string of the molecule is CCOC(=O)CC(C(=O)OCC)P(=O)(CCC(NC(C)=O)(C(=O)OCC)C(=O)OCC)OCC. The normalized spacial score (nSPS) is 13.7. The predicted molar refractivity (Wildman–Crippen MR) is 120 cm³/mol. The first kappa shape index (κ1) is 31.5. The minimum atomic E-state index is -4.09. The molecule has 0 rings (SSSR count). The Morgan fingerprint density at radius 2 is 1.29 bits per heavy atom. The van der Waals surface area contributed by atoms with E-state index in [0.29, 0.717) is 0 Å². The number of hydrogen-bond donors (Lipinski definition) is 1. The van der Waals surface area contributed by atoms with Gasteiger partial charge in [0.25, 0.3) is 0 Å². The molecule has 0 aromatic heterocycles. The van der Waals surface area contributed by atoms with Crippen LogP contribution in [-0.4, -0.2) is 80.2 Å².